The number of hydrogen-bond acceptors (Lipinski definition) is 3. The number of fused-ring (bicyclic) bond motifs is 3. The van der Waals surface area contributed by atoms with Crippen LogP contribution in [0.15, 0.2) is 72.8 Å². The molecule has 1 fully saturated rings. The lowest BCUT2D eigenvalue weighted by Gasteiger charge is -2.41. The molecule has 4 heteroatoms. The molecule has 3 aliphatic rings. The van der Waals surface area contributed by atoms with E-state index in [1.807, 2.05) is 48.5 Å². The Morgan fingerprint density at radius 3 is 2.06 bits per heavy atom. The number of rotatable bonds is 3. The van der Waals surface area contributed by atoms with Gasteiger partial charge in [-0.1, -0.05) is 60.7 Å². The third-order valence-corrected chi connectivity index (χ3v) is 7.25. The molecule has 3 aromatic rings. The van der Waals surface area contributed by atoms with Crippen molar-refractivity contribution in [3.8, 4) is 11.5 Å². The summed E-state index contributed by atoms with van der Waals surface area (Å²) in [6.45, 7) is 3.93. The van der Waals surface area contributed by atoms with Gasteiger partial charge in [-0.15, -0.1) is 0 Å². The van der Waals surface area contributed by atoms with Crippen molar-refractivity contribution in [2.75, 3.05) is 26.2 Å². The third kappa shape index (κ3) is 3.30. The van der Waals surface area contributed by atoms with E-state index in [1.165, 1.54) is 24.0 Å². The van der Waals surface area contributed by atoms with E-state index in [4.69, 9.17) is 4.74 Å². The molecular formula is C28H28N2O2. The number of likely N-dealkylation sites (tertiary alicyclic amines) is 1. The van der Waals surface area contributed by atoms with Crippen molar-refractivity contribution in [1.29, 1.82) is 0 Å². The number of hydrogen-bond donors (Lipinski definition) is 0. The van der Waals surface area contributed by atoms with Crippen molar-refractivity contribution in [2.24, 2.45) is 0 Å². The highest BCUT2D eigenvalue weighted by atomic mass is 16.5. The molecule has 1 atom stereocenters. The molecule has 162 valence electrons. The molecule has 4 nitrogen and oxygen atoms in total. The third-order valence-electron chi connectivity index (χ3n) is 7.25. The second kappa shape index (κ2) is 8.10. The molecule has 6 rings (SSSR count). The molecule has 0 N–H and O–H groups in total. The van der Waals surface area contributed by atoms with Crippen molar-refractivity contribution in [1.82, 2.24) is 9.80 Å². The zero-order valence-corrected chi connectivity index (χ0v) is 18.2. The maximum absolute atomic E-state index is 14.3. The van der Waals surface area contributed by atoms with E-state index in [9.17, 15) is 4.79 Å². The highest BCUT2D eigenvalue weighted by molar-refractivity contribution is 5.90. The molecule has 3 aliphatic heterocycles. The fourth-order valence-corrected chi connectivity index (χ4v) is 5.66. The first kappa shape index (κ1) is 19.6. The molecule has 0 unspecified atom stereocenters. The van der Waals surface area contributed by atoms with Gasteiger partial charge in [0.2, 0.25) is 5.91 Å². The van der Waals surface area contributed by atoms with Gasteiger partial charge in [0.05, 0.1) is 12.0 Å². The molecule has 3 heterocycles. The van der Waals surface area contributed by atoms with Crippen LogP contribution in [0, 0.1) is 0 Å². The van der Waals surface area contributed by atoms with E-state index in [-0.39, 0.29) is 17.9 Å². The average molecular weight is 425 g/mol. The fraction of sp³-hybridized carbons (Fsp3) is 0.321. The summed E-state index contributed by atoms with van der Waals surface area (Å²) in [6, 6.07) is 24.8. The quantitative estimate of drug-likeness (QED) is 0.583. The van der Waals surface area contributed by atoms with E-state index in [0.717, 1.165) is 55.2 Å². The van der Waals surface area contributed by atoms with Crippen LogP contribution in [0.2, 0.25) is 0 Å². The largest absolute Gasteiger partial charge is 0.457 e. The van der Waals surface area contributed by atoms with Crippen molar-refractivity contribution in [3.05, 3.63) is 95.1 Å². The number of amides is 1. The van der Waals surface area contributed by atoms with Gasteiger partial charge >= 0.3 is 0 Å². The minimum absolute atomic E-state index is 0.0905. The van der Waals surface area contributed by atoms with Crippen LogP contribution in [0.25, 0.3) is 0 Å². The average Bonchev–Trinajstić information content (AvgIpc) is 3.35. The van der Waals surface area contributed by atoms with Crippen molar-refractivity contribution < 1.29 is 9.53 Å². The lowest BCUT2D eigenvalue weighted by Crippen LogP contribution is -2.47. The van der Waals surface area contributed by atoms with E-state index >= 15 is 0 Å². The Hall–Kier alpha value is -3.11. The molecule has 1 amide bonds. The van der Waals surface area contributed by atoms with Crippen LogP contribution in [0.4, 0.5) is 0 Å². The lowest BCUT2D eigenvalue weighted by atomic mass is 9.84. The van der Waals surface area contributed by atoms with Crippen LogP contribution in [0.5, 0.6) is 11.5 Å². The minimum Gasteiger partial charge on any atom is -0.457 e. The molecule has 0 radical (unpaired) electrons. The Balaban J connectivity index is 1.41. The summed E-state index contributed by atoms with van der Waals surface area (Å²) in [5.74, 6) is 1.44. The molecular weight excluding hydrogens is 396 g/mol. The zero-order chi connectivity index (χ0) is 21.5. The molecule has 1 saturated heterocycles. The van der Waals surface area contributed by atoms with Gasteiger partial charge in [0.1, 0.15) is 11.5 Å². The predicted octanol–water partition coefficient (Wildman–Crippen LogP) is 5.15. The minimum atomic E-state index is -0.331. The van der Waals surface area contributed by atoms with Gasteiger partial charge in [0.25, 0.3) is 0 Å². The SMILES string of the molecule is O=C(C1c2ccccc2Oc2ccccc21)N1CCc2ccccc2[C@@H]1CN1CCCC1. The highest BCUT2D eigenvalue weighted by Gasteiger charge is 2.40. The van der Waals surface area contributed by atoms with Gasteiger partial charge in [0, 0.05) is 24.2 Å². The Labute approximate surface area is 189 Å². The van der Waals surface area contributed by atoms with E-state index < -0.39 is 0 Å². The number of carbonyl (C=O) groups excluding carboxylic acids is 1. The molecule has 0 aliphatic carbocycles. The molecule has 0 saturated carbocycles. The summed E-state index contributed by atoms with van der Waals surface area (Å²) in [7, 11) is 0. The normalized spacial score (nSPS) is 20.2. The smallest absolute Gasteiger partial charge is 0.235 e. The Morgan fingerprint density at radius 2 is 1.38 bits per heavy atom. The van der Waals surface area contributed by atoms with Gasteiger partial charge in [-0.25, -0.2) is 0 Å². The monoisotopic (exact) mass is 424 g/mol. The highest BCUT2D eigenvalue weighted by Crippen LogP contribution is 2.46. The maximum Gasteiger partial charge on any atom is 0.235 e. The number of nitrogens with zero attached hydrogens (tertiary/aromatic N) is 2. The summed E-state index contributed by atoms with van der Waals surface area (Å²) in [5.41, 5.74) is 4.63. The number of carbonyl (C=O) groups is 1. The summed E-state index contributed by atoms with van der Waals surface area (Å²) in [4.78, 5) is 19.0. The van der Waals surface area contributed by atoms with Gasteiger partial charge in [-0.05, 0) is 55.6 Å². The van der Waals surface area contributed by atoms with Crippen LogP contribution in [0.3, 0.4) is 0 Å². The van der Waals surface area contributed by atoms with Crippen molar-refractivity contribution in [2.45, 2.75) is 31.2 Å². The standard InChI is InChI=1S/C28H28N2O2/c31-28(27-22-11-3-5-13-25(22)32-26-14-6-4-12-23(26)27)30-18-15-20-9-1-2-10-21(20)24(30)19-29-16-7-8-17-29/h1-6,9-14,24,27H,7-8,15-19H2/t24-/m0/s1. The van der Waals surface area contributed by atoms with Crippen LogP contribution in [0.1, 0.15) is 47.1 Å². The summed E-state index contributed by atoms with van der Waals surface area (Å²) in [6.07, 6.45) is 3.41. The summed E-state index contributed by atoms with van der Waals surface area (Å²) in [5, 5.41) is 0. The van der Waals surface area contributed by atoms with Crippen LogP contribution in [-0.4, -0.2) is 41.9 Å². The predicted molar refractivity (Wildman–Crippen MR) is 125 cm³/mol. The van der Waals surface area contributed by atoms with E-state index in [2.05, 4.69) is 34.1 Å². The molecule has 32 heavy (non-hydrogen) atoms. The Morgan fingerprint density at radius 1 is 0.781 bits per heavy atom. The van der Waals surface area contributed by atoms with Crippen LogP contribution < -0.4 is 4.74 Å². The maximum atomic E-state index is 14.3. The first-order valence-corrected chi connectivity index (χ1v) is 11.8. The molecule has 0 bridgehead atoms. The Kier molecular flexibility index (Phi) is 4.95. The van der Waals surface area contributed by atoms with Crippen LogP contribution >= 0.6 is 0 Å². The van der Waals surface area contributed by atoms with E-state index in [0.29, 0.717) is 0 Å². The van der Waals surface area contributed by atoms with Gasteiger partial charge < -0.3 is 14.5 Å². The topological polar surface area (TPSA) is 32.8 Å². The lowest BCUT2D eigenvalue weighted by molar-refractivity contribution is -0.135. The van der Waals surface area contributed by atoms with Gasteiger partial charge in [-0.3, -0.25) is 4.79 Å². The van der Waals surface area contributed by atoms with E-state index in [1.54, 1.807) is 0 Å². The number of ether oxygens (including phenoxy) is 1. The first-order valence-electron chi connectivity index (χ1n) is 11.8. The second-order valence-corrected chi connectivity index (χ2v) is 9.11. The first-order chi connectivity index (χ1) is 15.8. The zero-order valence-electron chi connectivity index (χ0n) is 18.2. The molecule has 0 spiro atoms. The Bertz CT molecular complexity index is 1110. The second-order valence-electron chi connectivity index (χ2n) is 9.11. The summed E-state index contributed by atoms with van der Waals surface area (Å²) < 4.78 is 6.16. The fourth-order valence-electron chi connectivity index (χ4n) is 5.66. The molecule has 3 aromatic carbocycles. The molecule has 0 aromatic heterocycles. The van der Waals surface area contributed by atoms with Crippen molar-refractivity contribution >= 4 is 5.91 Å². The van der Waals surface area contributed by atoms with Gasteiger partial charge in [-0.2, -0.15) is 0 Å². The van der Waals surface area contributed by atoms with Crippen LogP contribution in [-0.2, 0) is 11.2 Å². The van der Waals surface area contributed by atoms with Crippen molar-refractivity contribution in [3.63, 3.8) is 0 Å². The summed E-state index contributed by atoms with van der Waals surface area (Å²) >= 11 is 0. The number of benzene rings is 3. The number of para-hydroxylation sites is 2. The van der Waals surface area contributed by atoms with Gasteiger partial charge in [0.15, 0.2) is 0 Å².